The van der Waals surface area contributed by atoms with Crippen molar-refractivity contribution in [1.29, 1.82) is 0 Å². The van der Waals surface area contributed by atoms with Gasteiger partial charge in [-0.05, 0) is 36.8 Å². The number of imidazole rings is 1. The van der Waals surface area contributed by atoms with E-state index in [0.29, 0.717) is 5.92 Å². The maximum atomic E-state index is 3.77. The number of rotatable bonds is 22. The van der Waals surface area contributed by atoms with Gasteiger partial charge >= 0.3 is 0 Å². The number of nitrogens with zero attached hydrogens (tertiary/aromatic N) is 1. The molecule has 0 fully saturated rings. The van der Waals surface area contributed by atoms with Crippen LogP contribution in [-0.4, -0.2) is 4.98 Å². The van der Waals surface area contributed by atoms with E-state index in [2.05, 4.69) is 103 Å². The molecule has 1 N–H and O–H groups in total. The van der Waals surface area contributed by atoms with Crippen molar-refractivity contribution < 1.29 is 4.57 Å². The number of aromatic amines is 1. The second-order valence-electron chi connectivity index (χ2n) is 12.4. The molecule has 3 rings (SSSR count). The fourth-order valence-electron chi connectivity index (χ4n) is 6.62. The molecule has 0 radical (unpaired) electrons. The van der Waals surface area contributed by atoms with Gasteiger partial charge in [-0.2, -0.15) is 0 Å². The molecule has 40 heavy (non-hydrogen) atoms. The van der Waals surface area contributed by atoms with Crippen molar-refractivity contribution in [1.82, 2.24) is 4.98 Å². The number of aryl methyl sites for hydroxylation is 1. The van der Waals surface area contributed by atoms with Gasteiger partial charge in [0.15, 0.2) is 0 Å². The molecule has 0 saturated carbocycles. The molecule has 2 heteroatoms. The number of H-pyrrole nitrogens is 1. The van der Waals surface area contributed by atoms with Gasteiger partial charge in [0.1, 0.15) is 12.4 Å². The van der Waals surface area contributed by atoms with E-state index in [1.54, 1.807) is 0 Å². The van der Waals surface area contributed by atoms with Crippen molar-refractivity contribution in [2.75, 3.05) is 0 Å². The molecule has 0 bridgehead atoms. The van der Waals surface area contributed by atoms with Crippen molar-refractivity contribution in [3.8, 4) is 0 Å². The van der Waals surface area contributed by atoms with Crippen LogP contribution >= 0.6 is 0 Å². The van der Waals surface area contributed by atoms with Crippen LogP contribution in [0.5, 0.6) is 0 Å². The first-order valence-electron chi connectivity index (χ1n) is 16.8. The van der Waals surface area contributed by atoms with E-state index in [0.717, 1.165) is 13.0 Å². The third-order valence-electron chi connectivity index (χ3n) is 9.09. The van der Waals surface area contributed by atoms with Gasteiger partial charge in [0.05, 0.1) is 12.5 Å². The average molecular weight is 544 g/mol. The van der Waals surface area contributed by atoms with Gasteiger partial charge in [0.25, 0.3) is 5.82 Å². The van der Waals surface area contributed by atoms with E-state index in [4.69, 9.17) is 0 Å². The van der Waals surface area contributed by atoms with Gasteiger partial charge in [-0.1, -0.05) is 165 Å². The Morgan fingerprint density at radius 3 is 1.77 bits per heavy atom. The molecule has 0 aliphatic rings. The van der Waals surface area contributed by atoms with Gasteiger partial charge in [-0.25, -0.2) is 9.55 Å². The van der Waals surface area contributed by atoms with Crippen LogP contribution in [0.1, 0.15) is 146 Å². The van der Waals surface area contributed by atoms with Crippen LogP contribution in [0.15, 0.2) is 73.1 Å². The monoisotopic (exact) mass is 543 g/mol. The zero-order valence-electron chi connectivity index (χ0n) is 26.2. The highest BCUT2D eigenvalue weighted by Crippen LogP contribution is 2.43. The lowest BCUT2D eigenvalue weighted by molar-refractivity contribution is -0.705. The Labute approximate surface area is 247 Å². The van der Waals surface area contributed by atoms with Crippen molar-refractivity contribution in [3.05, 3.63) is 90.0 Å². The molecule has 2 unspecified atom stereocenters. The number of nitrogens with one attached hydrogen (secondary N) is 1. The maximum Gasteiger partial charge on any atom is 0.258 e. The van der Waals surface area contributed by atoms with E-state index >= 15 is 0 Å². The summed E-state index contributed by atoms with van der Waals surface area (Å²) in [4.78, 5) is 3.77. The fraction of sp³-hybridized carbons (Fsp3) is 0.605. The van der Waals surface area contributed by atoms with Crippen LogP contribution in [0.3, 0.4) is 0 Å². The summed E-state index contributed by atoms with van der Waals surface area (Å²) in [5.74, 6) is 1.87. The first kappa shape index (κ1) is 32.2. The van der Waals surface area contributed by atoms with Crippen LogP contribution in [0, 0.1) is 0 Å². The SMILES string of the molecule is CCCCCCCCCC[n+]1cc[nH]c1C(CCCCCCCCC)C(C)(Cc1ccccc1)c1ccccc1. The molecule has 2 atom stereocenters. The van der Waals surface area contributed by atoms with Crippen LogP contribution in [-0.2, 0) is 18.4 Å². The number of hydrogen-bond donors (Lipinski definition) is 1. The molecule has 0 spiro atoms. The number of benzene rings is 2. The highest BCUT2D eigenvalue weighted by atomic mass is 15.1. The van der Waals surface area contributed by atoms with E-state index < -0.39 is 0 Å². The lowest BCUT2D eigenvalue weighted by atomic mass is 9.66. The number of aromatic nitrogens is 2. The smallest absolute Gasteiger partial charge is 0.247 e. The normalized spacial score (nSPS) is 13.8. The Hall–Kier alpha value is -2.35. The minimum atomic E-state index is 0.0106. The lowest BCUT2D eigenvalue weighted by Crippen LogP contribution is -2.43. The molecule has 0 aliphatic carbocycles. The van der Waals surface area contributed by atoms with Crippen LogP contribution in [0.4, 0.5) is 0 Å². The summed E-state index contributed by atoms with van der Waals surface area (Å²) in [7, 11) is 0. The summed E-state index contributed by atoms with van der Waals surface area (Å²) in [6.45, 7) is 8.26. The molecule has 0 aliphatic heterocycles. The Kier molecular flexibility index (Phi) is 15.2. The Morgan fingerprint density at radius 1 is 0.650 bits per heavy atom. The Morgan fingerprint density at radius 2 is 1.18 bits per heavy atom. The standard InChI is InChI=1S/C38H58N2/c1-4-6-8-10-12-14-16-24-31-40-32-30-39-37(40)36(29-23-15-13-11-9-7-5-2)38(3,35-27-21-18-22-28-35)33-34-25-19-17-20-26-34/h17-22,25-28,30,32,36H,4-16,23-24,29,31,33H2,1-3H3/p+1. The molecule has 3 aromatic rings. The van der Waals surface area contributed by atoms with E-state index in [1.165, 1.54) is 120 Å². The summed E-state index contributed by atoms with van der Waals surface area (Å²) < 4.78 is 2.56. The summed E-state index contributed by atoms with van der Waals surface area (Å²) in [5, 5.41) is 0. The van der Waals surface area contributed by atoms with Gasteiger partial charge in [0, 0.05) is 5.41 Å². The topological polar surface area (TPSA) is 19.7 Å². The zero-order chi connectivity index (χ0) is 28.3. The Bertz CT molecular complexity index is 1010. The highest BCUT2D eigenvalue weighted by molar-refractivity contribution is 5.32. The molecule has 2 aromatic carbocycles. The lowest BCUT2D eigenvalue weighted by Gasteiger charge is -2.37. The summed E-state index contributed by atoms with van der Waals surface area (Å²) in [6.07, 6.45) is 27.2. The number of hydrogen-bond acceptors (Lipinski definition) is 0. The van der Waals surface area contributed by atoms with Crippen molar-refractivity contribution in [2.24, 2.45) is 0 Å². The largest absolute Gasteiger partial charge is 0.258 e. The van der Waals surface area contributed by atoms with Gasteiger partial charge in [0.2, 0.25) is 0 Å². The van der Waals surface area contributed by atoms with Crippen molar-refractivity contribution in [3.63, 3.8) is 0 Å². The minimum Gasteiger partial charge on any atom is -0.247 e. The van der Waals surface area contributed by atoms with Crippen LogP contribution in [0.2, 0.25) is 0 Å². The van der Waals surface area contributed by atoms with Crippen LogP contribution in [0.25, 0.3) is 0 Å². The molecule has 0 saturated heterocycles. The van der Waals surface area contributed by atoms with Crippen LogP contribution < -0.4 is 4.57 Å². The van der Waals surface area contributed by atoms with E-state index in [-0.39, 0.29) is 5.41 Å². The van der Waals surface area contributed by atoms with Crippen molar-refractivity contribution in [2.45, 2.75) is 148 Å². The minimum absolute atomic E-state index is 0.0106. The highest BCUT2D eigenvalue weighted by Gasteiger charge is 2.41. The summed E-state index contributed by atoms with van der Waals surface area (Å²) in [5.41, 5.74) is 2.90. The number of unbranched alkanes of at least 4 members (excludes halogenated alkanes) is 13. The summed E-state index contributed by atoms with van der Waals surface area (Å²) >= 11 is 0. The van der Waals surface area contributed by atoms with Crippen molar-refractivity contribution >= 4 is 0 Å². The third-order valence-corrected chi connectivity index (χ3v) is 9.09. The molecular weight excluding hydrogens is 484 g/mol. The fourth-order valence-corrected chi connectivity index (χ4v) is 6.62. The predicted octanol–water partition coefficient (Wildman–Crippen LogP) is 10.9. The van der Waals surface area contributed by atoms with Gasteiger partial charge in [-0.3, -0.25) is 0 Å². The maximum absolute atomic E-state index is 3.77. The quantitative estimate of drug-likeness (QED) is 0.0960. The van der Waals surface area contributed by atoms with Gasteiger partial charge < -0.3 is 0 Å². The molecule has 1 aromatic heterocycles. The van der Waals surface area contributed by atoms with E-state index in [1.807, 2.05) is 0 Å². The second-order valence-corrected chi connectivity index (χ2v) is 12.4. The van der Waals surface area contributed by atoms with Gasteiger partial charge in [-0.15, -0.1) is 0 Å². The molecular formula is C38H59N2+. The predicted molar refractivity (Wildman–Crippen MR) is 173 cm³/mol. The average Bonchev–Trinajstić information content (AvgIpc) is 3.44. The third kappa shape index (κ3) is 10.6. The first-order valence-corrected chi connectivity index (χ1v) is 16.8. The molecule has 1 heterocycles. The summed E-state index contributed by atoms with van der Waals surface area (Å²) in [6, 6.07) is 22.5. The second kappa shape index (κ2) is 18.9. The zero-order valence-corrected chi connectivity index (χ0v) is 26.2. The molecule has 220 valence electrons. The van der Waals surface area contributed by atoms with E-state index in [9.17, 15) is 0 Å². The Balaban J connectivity index is 1.77. The molecule has 0 amide bonds. The molecule has 2 nitrogen and oxygen atoms in total. The first-order chi connectivity index (χ1) is 19.7.